The van der Waals surface area contributed by atoms with Gasteiger partial charge >= 0.3 is 0 Å². The number of likely N-dealkylation sites (N-methyl/N-ethyl adjacent to an activating group) is 1. The summed E-state index contributed by atoms with van der Waals surface area (Å²) in [5.41, 5.74) is 2.47. The molecule has 1 aromatic rings. The average molecular weight is 272 g/mol. The Morgan fingerprint density at radius 3 is 2.25 bits per heavy atom. The fourth-order valence-electron chi connectivity index (χ4n) is 3.04. The van der Waals surface area contributed by atoms with E-state index < -0.39 is 0 Å². The minimum Gasteiger partial charge on any atom is -0.340 e. The summed E-state index contributed by atoms with van der Waals surface area (Å²) < 4.78 is 0. The van der Waals surface area contributed by atoms with Crippen LogP contribution in [0.2, 0.25) is 0 Å². The Morgan fingerprint density at radius 1 is 1.10 bits per heavy atom. The van der Waals surface area contributed by atoms with Crippen molar-refractivity contribution >= 4 is 5.91 Å². The third kappa shape index (κ3) is 2.88. The second-order valence-corrected chi connectivity index (χ2v) is 6.35. The standard InChI is InChI=1S/C17H24N2O/c1-13-3-5-14(6-4-13)16(15-7-8-15)17(20)19-11-9-18(2)10-12-19/h3-6,15-16H,7-12H2,1-2H3. The van der Waals surface area contributed by atoms with Crippen LogP contribution in [0.1, 0.15) is 29.9 Å². The van der Waals surface area contributed by atoms with Crippen molar-refractivity contribution in [2.75, 3.05) is 33.2 Å². The van der Waals surface area contributed by atoms with Crippen molar-refractivity contribution in [3.8, 4) is 0 Å². The second kappa shape index (κ2) is 5.57. The van der Waals surface area contributed by atoms with Gasteiger partial charge in [-0.05, 0) is 38.3 Å². The molecule has 1 amide bonds. The zero-order valence-electron chi connectivity index (χ0n) is 12.5. The minimum absolute atomic E-state index is 0.0963. The maximum absolute atomic E-state index is 12.9. The van der Waals surface area contributed by atoms with E-state index in [0.29, 0.717) is 11.8 Å². The number of benzene rings is 1. The number of rotatable bonds is 3. The first-order valence-electron chi connectivity index (χ1n) is 7.69. The Morgan fingerprint density at radius 2 is 1.70 bits per heavy atom. The molecule has 0 spiro atoms. The number of aryl methyl sites for hydroxylation is 1. The molecule has 1 aliphatic heterocycles. The van der Waals surface area contributed by atoms with Crippen molar-refractivity contribution < 1.29 is 4.79 Å². The topological polar surface area (TPSA) is 23.6 Å². The number of piperazine rings is 1. The summed E-state index contributed by atoms with van der Waals surface area (Å²) in [7, 11) is 2.13. The third-order valence-corrected chi connectivity index (χ3v) is 4.61. The van der Waals surface area contributed by atoms with Gasteiger partial charge in [-0.15, -0.1) is 0 Å². The molecule has 3 heteroatoms. The smallest absolute Gasteiger partial charge is 0.230 e. The van der Waals surface area contributed by atoms with Crippen molar-refractivity contribution in [2.24, 2.45) is 5.92 Å². The molecule has 2 aliphatic rings. The van der Waals surface area contributed by atoms with Gasteiger partial charge in [-0.3, -0.25) is 4.79 Å². The maximum Gasteiger partial charge on any atom is 0.230 e. The molecule has 20 heavy (non-hydrogen) atoms. The molecular formula is C17H24N2O. The Hall–Kier alpha value is -1.35. The average Bonchev–Trinajstić information content (AvgIpc) is 3.26. The summed E-state index contributed by atoms with van der Waals surface area (Å²) in [6, 6.07) is 8.54. The van der Waals surface area contributed by atoms with Gasteiger partial charge in [-0.25, -0.2) is 0 Å². The van der Waals surface area contributed by atoms with E-state index in [9.17, 15) is 4.79 Å². The molecule has 0 aromatic heterocycles. The molecule has 1 heterocycles. The summed E-state index contributed by atoms with van der Waals surface area (Å²) >= 11 is 0. The van der Waals surface area contributed by atoms with Gasteiger partial charge in [-0.2, -0.15) is 0 Å². The van der Waals surface area contributed by atoms with Gasteiger partial charge in [0.25, 0.3) is 0 Å². The Labute approximate surface area is 121 Å². The number of hydrogen-bond donors (Lipinski definition) is 0. The Kier molecular flexibility index (Phi) is 3.79. The predicted octanol–water partition coefficient (Wildman–Crippen LogP) is 2.26. The highest BCUT2D eigenvalue weighted by atomic mass is 16.2. The molecule has 1 aliphatic carbocycles. The molecule has 0 N–H and O–H groups in total. The summed E-state index contributed by atoms with van der Waals surface area (Å²) in [5, 5.41) is 0. The molecule has 3 nitrogen and oxygen atoms in total. The van der Waals surface area contributed by atoms with Crippen LogP contribution in [-0.4, -0.2) is 48.9 Å². The van der Waals surface area contributed by atoms with E-state index in [1.54, 1.807) is 0 Å². The summed E-state index contributed by atoms with van der Waals surface area (Å²) in [5.74, 6) is 1.02. The monoisotopic (exact) mass is 272 g/mol. The van der Waals surface area contributed by atoms with Crippen LogP contribution in [0.15, 0.2) is 24.3 Å². The number of amides is 1. The lowest BCUT2D eigenvalue weighted by molar-refractivity contribution is -0.134. The van der Waals surface area contributed by atoms with E-state index in [2.05, 4.69) is 48.0 Å². The van der Waals surface area contributed by atoms with Crippen LogP contribution in [0, 0.1) is 12.8 Å². The zero-order chi connectivity index (χ0) is 14.1. The van der Waals surface area contributed by atoms with Gasteiger partial charge < -0.3 is 9.80 Å². The van der Waals surface area contributed by atoms with E-state index in [-0.39, 0.29) is 5.92 Å². The van der Waals surface area contributed by atoms with E-state index in [1.807, 2.05) is 0 Å². The number of carbonyl (C=O) groups is 1. The van der Waals surface area contributed by atoms with E-state index >= 15 is 0 Å². The fraction of sp³-hybridized carbons (Fsp3) is 0.588. The normalized spacial score (nSPS) is 21.8. The predicted molar refractivity (Wildman–Crippen MR) is 80.7 cm³/mol. The van der Waals surface area contributed by atoms with E-state index in [1.165, 1.54) is 24.0 Å². The van der Waals surface area contributed by atoms with Crippen molar-refractivity contribution in [2.45, 2.75) is 25.7 Å². The number of carbonyl (C=O) groups excluding carboxylic acids is 1. The van der Waals surface area contributed by atoms with Gasteiger partial charge in [0.15, 0.2) is 0 Å². The molecule has 1 saturated carbocycles. The molecule has 0 radical (unpaired) electrons. The van der Waals surface area contributed by atoms with Crippen LogP contribution >= 0.6 is 0 Å². The molecule has 1 aromatic carbocycles. The molecule has 108 valence electrons. The Balaban J connectivity index is 1.76. The van der Waals surface area contributed by atoms with Crippen LogP contribution in [0.5, 0.6) is 0 Å². The molecule has 3 rings (SSSR count). The molecule has 1 unspecified atom stereocenters. The second-order valence-electron chi connectivity index (χ2n) is 6.35. The van der Waals surface area contributed by atoms with Gasteiger partial charge in [0.1, 0.15) is 0 Å². The lowest BCUT2D eigenvalue weighted by Gasteiger charge is -2.35. The third-order valence-electron chi connectivity index (χ3n) is 4.61. The van der Waals surface area contributed by atoms with Gasteiger partial charge in [0.2, 0.25) is 5.91 Å². The molecule has 2 fully saturated rings. The van der Waals surface area contributed by atoms with Crippen LogP contribution < -0.4 is 0 Å². The number of nitrogens with zero attached hydrogens (tertiary/aromatic N) is 2. The van der Waals surface area contributed by atoms with Crippen molar-refractivity contribution in [1.29, 1.82) is 0 Å². The lowest BCUT2D eigenvalue weighted by Crippen LogP contribution is -2.48. The van der Waals surface area contributed by atoms with Crippen LogP contribution in [0.25, 0.3) is 0 Å². The summed E-state index contributed by atoms with van der Waals surface area (Å²) in [4.78, 5) is 17.2. The van der Waals surface area contributed by atoms with E-state index in [0.717, 1.165) is 26.2 Å². The fourth-order valence-corrected chi connectivity index (χ4v) is 3.04. The first-order chi connectivity index (χ1) is 9.65. The van der Waals surface area contributed by atoms with Crippen LogP contribution in [-0.2, 0) is 4.79 Å². The zero-order valence-corrected chi connectivity index (χ0v) is 12.5. The Bertz CT molecular complexity index is 470. The van der Waals surface area contributed by atoms with Crippen molar-refractivity contribution in [1.82, 2.24) is 9.80 Å². The molecule has 1 atom stereocenters. The van der Waals surface area contributed by atoms with Crippen LogP contribution in [0.4, 0.5) is 0 Å². The molecule has 0 bridgehead atoms. The highest BCUT2D eigenvalue weighted by molar-refractivity contribution is 5.84. The SMILES string of the molecule is Cc1ccc(C(C(=O)N2CCN(C)CC2)C2CC2)cc1. The quantitative estimate of drug-likeness (QED) is 0.842. The van der Waals surface area contributed by atoms with Gasteiger partial charge in [0.05, 0.1) is 5.92 Å². The van der Waals surface area contributed by atoms with Crippen molar-refractivity contribution in [3.63, 3.8) is 0 Å². The first kappa shape index (κ1) is 13.6. The number of hydrogen-bond acceptors (Lipinski definition) is 2. The maximum atomic E-state index is 12.9. The first-order valence-corrected chi connectivity index (χ1v) is 7.69. The summed E-state index contributed by atoms with van der Waals surface area (Å²) in [6.07, 6.45) is 2.41. The highest BCUT2D eigenvalue weighted by Gasteiger charge is 2.39. The molecule has 1 saturated heterocycles. The minimum atomic E-state index is 0.0963. The van der Waals surface area contributed by atoms with Crippen LogP contribution in [0.3, 0.4) is 0 Å². The van der Waals surface area contributed by atoms with Gasteiger partial charge in [-0.1, -0.05) is 29.8 Å². The highest BCUT2D eigenvalue weighted by Crippen LogP contribution is 2.43. The van der Waals surface area contributed by atoms with Crippen molar-refractivity contribution in [3.05, 3.63) is 35.4 Å². The van der Waals surface area contributed by atoms with Gasteiger partial charge in [0, 0.05) is 26.2 Å². The lowest BCUT2D eigenvalue weighted by atomic mass is 9.92. The summed E-state index contributed by atoms with van der Waals surface area (Å²) in [6.45, 7) is 5.85. The van der Waals surface area contributed by atoms with E-state index in [4.69, 9.17) is 0 Å². The molecular weight excluding hydrogens is 248 g/mol. The largest absolute Gasteiger partial charge is 0.340 e.